The van der Waals surface area contributed by atoms with Gasteiger partial charge in [0.15, 0.2) is 0 Å². The third kappa shape index (κ3) is 4.32. The van der Waals surface area contributed by atoms with E-state index in [0.29, 0.717) is 11.8 Å². The first-order valence-electron chi connectivity index (χ1n) is 6.51. The number of carbonyl (C=O) groups is 1. The van der Waals surface area contributed by atoms with Crippen molar-refractivity contribution in [3.8, 4) is 0 Å². The number of carbonyl (C=O) groups excluding carboxylic acids is 1. The van der Waals surface area contributed by atoms with Gasteiger partial charge in [0, 0.05) is 18.3 Å². The molecule has 2 nitrogen and oxygen atoms in total. The second-order valence-electron chi connectivity index (χ2n) is 5.10. The zero-order valence-electron chi connectivity index (χ0n) is 10.5. The number of alkyl halides is 1. The van der Waals surface area contributed by atoms with Crippen LogP contribution >= 0.6 is 11.6 Å². The lowest BCUT2D eigenvalue weighted by Gasteiger charge is -2.28. The molecule has 1 rings (SSSR count). The Morgan fingerprint density at radius 1 is 1.31 bits per heavy atom. The Balaban J connectivity index is 2.17. The van der Waals surface area contributed by atoms with E-state index >= 15 is 0 Å². The molecule has 1 fully saturated rings. The Bertz CT molecular complexity index is 212. The van der Waals surface area contributed by atoms with E-state index in [-0.39, 0.29) is 11.8 Å². The van der Waals surface area contributed by atoms with E-state index in [9.17, 15) is 4.79 Å². The highest BCUT2D eigenvalue weighted by molar-refractivity contribution is 6.19. The van der Waals surface area contributed by atoms with Crippen LogP contribution in [0.2, 0.25) is 0 Å². The lowest BCUT2D eigenvalue weighted by Crippen LogP contribution is -2.35. The van der Waals surface area contributed by atoms with Gasteiger partial charge in [0.05, 0.1) is 0 Å². The van der Waals surface area contributed by atoms with E-state index < -0.39 is 0 Å². The number of halogens is 1. The molecule has 1 amide bonds. The number of amides is 1. The Morgan fingerprint density at radius 3 is 2.38 bits per heavy atom. The smallest absolute Gasteiger partial charge is 0.224 e. The van der Waals surface area contributed by atoms with Crippen molar-refractivity contribution < 1.29 is 4.79 Å². The first-order chi connectivity index (χ1) is 7.67. The second kappa shape index (κ2) is 7.16. The van der Waals surface area contributed by atoms with Gasteiger partial charge < -0.3 is 5.32 Å². The van der Waals surface area contributed by atoms with Gasteiger partial charge in [-0.05, 0) is 24.7 Å². The number of hydrogen-bond acceptors (Lipinski definition) is 1. The summed E-state index contributed by atoms with van der Waals surface area (Å²) >= 11 is 5.65. The van der Waals surface area contributed by atoms with Crippen molar-refractivity contribution in [2.24, 2.45) is 17.8 Å². The minimum atomic E-state index is -0.0614. The SMILES string of the molecule is CCC1CCC(CNC(=O)C(C)CCl)CC1. The van der Waals surface area contributed by atoms with E-state index in [1.807, 2.05) is 6.92 Å². The van der Waals surface area contributed by atoms with Crippen molar-refractivity contribution in [1.82, 2.24) is 5.32 Å². The molecule has 0 aromatic rings. The molecule has 0 aromatic carbocycles. The molecule has 94 valence electrons. The summed E-state index contributed by atoms with van der Waals surface area (Å²) in [4.78, 5) is 11.5. The molecular formula is C13H24ClNO. The van der Waals surface area contributed by atoms with E-state index in [2.05, 4.69) is 12.2 Å². The third-order valence-electron chi connectivity index (χ3n) is 3.79. The van der Waals surface area contributed by atoms with Gasteiger partial charge in [-0.2, -0.15) is 0 Å². The fraction of sp³-hybridized carbons (Fsp3) is 0.923. The molecule has 0 bridgehead atoms. The maximum atomic E-state index is 11.5. The highest BCUT2D eigenvalue weighted by Gasteiger charge is 2.21. The number of nitrogens with one attached hydrogen (secondary N) is 1. The molecule has 1 N–H and O–H groups in total. The van der Waals surface area contributed by atoms with Crippen LogP contribution < -0.4 is 5.32 Å². The molecule has 0 aliphatic heterocycles. The summed E-state index contributed by atoms with van der Waals surface area (Å²) < 4.78 is 0. The van der Waals surface area contributed by atoms with E-state index in [0.717, 1.165) is 12.5 Å². The Labute approximate surface area is 104 Å². The molecule has 1 aliphatic carbocycles. The maximum absolute atomic E-state index is 11.5. The minimum Gasteiger partial charge on any atom is -0.356 e. The summed E-state index contributed by atoms with van der Waals surface area (Å²) in [6, 6.07) is 0. The third-order valence-corrected chi connectivity index (χ3v) is 4.25. The number of rotatable bonds is 5. The second-order valence-corrected chi connectivity index (χ2v) is 5.40. The molecular weight excluding hydrogens is 222 g/mol. The normalized spacial score (nSPS) is 27.4. The monoisotopic (exact) mass is 245 g/mol. The van der Waals surface area contributed by atoms with Crippen molar-refractivity contribution >= 4 is 17.5 Å². The lowest BCUT2D eigenvalue weighted by atomic mass is 9.81. The highest BCUT2D eigenvalue weighted by atomic mass is 35.5. The molecule has 0 radical (unpaired) electrons. The predicted octanol–water partition coefficient (Wildman–Crippen LogP) is 3.19. The van der Waals surface area contributed by atoms with Gasteiger partial charge in [-0.15, -0.1) is 11.6 Å². The fourth-order valence-electron chi connectivity index (χ4n) is 2.33. The maximum Gasteiger partial charge on any atom is 0.224 e. The van der Waals surface area contributed by atoms with Gasteiger partial charge >= 0.3 is 0 Å². The summed E-state index contributed by atoms with van der Waals surface area (Å²) in [6.45, 7) is 4.99. The van der Waals surface area contributed by atoms with Crippen LogP contribution in [0.1, 0.15) is 46.0 Å². The minimum absolute atomic E-state index is 0.0614. The molecule has 0 heterocycles. The largest absolute Gasteiger partial charge is 0.356 e. The molecule has 1 atom stereocenters. The highest BCUT2D eigenvalue weighted by Crippen LogP contribution is 2.30. The zero-order valence-corrected chi connectivity index (χ0v) is 11.2. The fourth-order valence-corrected chi connectivity index (χ4v) is 2.47. The van der Waals surface area contributed by atoms with E-state index in [1.165, 1.54) is 32.1 Å². The van der Waals surface area contributed by atoms with E-state index in [1.54, 1.807) is 0 Å². The Morgan fingerprint density at radius 2 is 1.88 bits per heavy atom. The van der Waals surface area contributed by atoms with Gasteiger partial charge in [0.2, 0.25) is 5.91 Å². The van der Waals surface area contributed by atoms with Crippen molar-refractivity contribution in [2.75, 3.05) is 12.4 Å². The van der Waals surface area contributed by atoms with Gasteiger partial charge in [-0.1, -0.05) is 33.1 Å². The molecule has 1 saturated carbocycles. The van der Waals surface area contributed by atoms with Crippen molar-refractivity contribution in [2.45, 2.75) is 46.0 Å². The molecule has 0 aromatic heterocycles. The van der Waals surface area contributed by atoms with Crippen LogP contribution in [0.25, 0.3) is 0 Å². The van der Waals surface area contributed by atoms with Crippen LogP contribution in [0.4, 0.5) is 0 Å². The van der Waals surface area contributed by atoms with Gasteiger partial charge in [-0.25, -0.2) is 0 Å². The first kappa shape index (κ1) is 13.8. The zero-order chi connectivity index (χ0) is 12.0. The summed E-state index contributed by atoms with van der Waals surface area (Å²) in [6.07, 6.45) is 6.52. The van der Waals surface area contributed by atoms with Gasteiger partial charge in [0.1, 0.15) is 0 Å². The Kier molecular flexibility index (Phi) is 6.18. The van der Waals surface area contributed by atoms with Crippen LogP contribution in [0.15, 0.2) is 0 Å². The topological polar surface area (TPSA) is 29.1 Å². The summed E-state index contributed by atoms with van der Waals surface area (Å²) in [7, 11) is 0. The quantitative estimate of drug-likeness (QED) is 0.741. The van der Waals surface area contributed by atoms with E-state index in [4.69, 9.17) is 11.6 Å². The van der Waals surface area contributed by atoms with Gasteiger partial charge in [-0.3, -0.25) is 4.79 Å². The summed E-state index contributed by atoms with van der Waals surface area (Å²) in [5.41, 5.74) is 0. The number of hydrogen-bond donors (Lipinski definition) is 1. The van der Waals surface area contributed by atoms with Crippen LogP contribution in [-0.2, 0) is 4.79 Å². The first-order valence-corrected chi connectivity index (χ1v) is 7.04. The van der Waals surface area contributed by atoms with Crippen LogP contribution in [0.3, 0.4) is 0 Å². The summed E-state index contributed by atoms with van der Waals surface area (Å²) in [5.74, 6) is 2.07. The predicted molar refractivity (Wildman–Crippen MR) is 68.6 cm³/mol. The standard InChI is InChI=1S/C13H24ClNO/c1-3-11-4-6-12(7-5-11)9-15-13(16)10(2)8-14/h10-12H,3-9H2,1-2H3,(H,15,16). The molecule has 1 unspecified atom stereocenters. The van der Waals surface area contributed by atoms with Crippen LogP contribution in [0, 0.1) is 17.8 Å². The lowest BCUT2D eigenvalue weighted by molar-refractivity contribution is -0.124. The average molecular weight is 246 g/mol. The molecule has 0 saturated heterocycles. The van der Waals surface area contributed by atoms with Crippen LogP contribution in [0.5, 0.6) is 0 Å². The Hall–Kier alpha value is -0.240. The van der Waals surface area contributed by atoms with Crippen molar-refractivity contribution in [3.05, 3.63) is 0 Å². The van der Waals surface area contributed by atoms with Crippen molar-refractivity contribution in [1.29, 1.82) is 0 Å². The van der Waals surface area contributed by atoms with Crippen molar-refractivity contribution in [3.63, 3.8) is 0 Å². The molecule has 0 spiro atoms. The molecule has 3 heteroatoms. The molecule has 1 aliphatic rings. The molecule has 16 heavy (non-hydrogen) atoms. The van der Waals surface area contributed by atoms with Crippen LogP contribution in [-0.4, -0.2) is 18.3 Å². The van der Waals surface area contributed by atoms with Gasteiger partial charge in [0.25, 0.3) is 0 Å². The summed E-state index contributed by atoms with van der Waals surface area (Å²) in [5, 5.41) is 3.01. The average Bonchev–Trinajstić information content (AvgIpc) is 2.35.